The van der Waals surface area contributed by atoms with Crippen LogP contribution in [0.15, 0.2) is 38.0 Å². The molecule has 0 spiro atoms. The molecule has 52 valence electrons. The summed E-state index contributed by atoms with van der Waals surface area (Å²) in [5, 5.41) is 0. The molecule has 0 saturated heterocycles. The molecule has 0 fully saturated rings. The zero-order chi connectivity index (χ0) is 7.54. The molecule has 0 atom stereocenters. The first-order valence-electron chi connectivity index (χ1n) is 3.12. The Morgan fingerprint density at radius 3 is 1.33 bits per heavy atom. The molecular weight excluding hydrogens is 108 g/mol. The van der Waals surface area contributed by atoms with Crippen molar-refractivity contribution in [2.24, 2.45) is 0 Å². The fraction of sp³-hybridized carbons (Fsp3) is 0.333. The maximum absolute atomic E-state index is 3.55. The highest BCUT2D eigenvalue weighted by Gasteiger charge is 1.66. The van der Waals surface area contributed by atoms with Crippen LogP contribution in [0.25, 0.3) is 0 Å². The molecule has 9 heavy (non-hydrogen) atoms. The highest BCUT2D eigenvalue weighted by molar-refractivity contribution is 4.74. The molecule has 0 aliphatic carbocycles. The van der Waals surface area contributed by atoms with Gasteiger partial charge in [-0.25, -0.2) is 0 Å². The van der Waals surface area contributed by atoms with Crippen molar-refractivity contribution >= 4 is 0 Å². The fourth-order valence-electron chi connectivity index (χ4n) is 0.236. The molecule has 0 heterocycles. The molecule has 0 aromatic rings. The topological polar surface area (TPSA) is 0 Å². The predicted molar refractivity (Wildman–Crippen MR) is 45.5 cm³/mol. The van der Waals surface area contributed by atoms with Crippen LogP contribution in [0.1, 0.15) is 19.8 Å². The van der Waals surface area contributed by atoms with Gasteiger partial charge in [-0.15, -0.1) is 19.7 Å². The van der Waals surface area contributed by atoms with E-state index in [0.717, 1.165) is 12.8 Å². The molecule has 0 aliphatic heterocycles. The molecule has 0 aromatic carbocycles. The number of allylic oxidation sites excluding steroid dienone is 3. The monoisotopic (exact) mass is 124 g/mol. The molecule has 0 aromatic heterocycles. The van der Waals surface area contributed by atoms with Gasteiger partial charge < -0.3 is 0 Å². The summed E-state index contributed by atoms with van der Waals surface area (Å²) in [5.74, 6) is 0. The quantitative estimate of drug-likeness (QED) is 0.400. The smallest absolute Gasteiger partial charge is 0.0319 e. The highest BCUT2D eigenvalue weighted by Crippen LogP contribution is 1.86. The van der Waals surface area contributed by atoms with Gasteiger partial charge >= 0.3 is 0 Å². The van der Waals surface area contributed by atoms with Crippen molar-refractivity contribution in [2.75, 3.05) is 0 Å². The third kappa shape index (κ3) is 39.9. The van der Waals surface area contributed by atoms with Crippen LogP contribution < -0.4 is 0 Å². The minimum absolute atomic E-state index is 1.06. The van der Waals surface area contributed by atoms with E-state index in [0.29, 0.717) is 0 Å². The van der Waals surface area contributed by atoms with Gasteiger partial charge in [-0.1, -0.05) is 18.2 Å². The Labute approximate surface area is 58.6 Å². The van der Waals surface area contributed by atoms with Crippen LogP contribution in [0.2, 0.25) is 0 Å². The summed E-state index contributed by atoms with van der Waals surface area (Å²) in [6, 6.07) is 0. The van der Waals surface area contributed by atoms with Gasteiger partial charge in [0.15, 0.2) is 0 Å². The minimum Gasteiger partial charge on any atom is -0.103 e. The summed E-state index contributed by atoms with van der Waals surface area (Å²) in [6.45, 7) is 12.4. The van der Waals surface area contributed by atoms with Crippen molar-refractivity contribution < 1.29 is 0 Å². The van der Waals surface area contributed by atoms with Crippen LogP contribution in [0.5, 0.6) is 0 Å². The van der Waals surface area contributed by atoms with E-state index >= 15 is 0 Å². The standard InChI is InChI=1S/C6H10.C3H6/c1-3-5-6-4-2;1-3-2/h3-4H,1-2,5-6H2;3H,1H2,2H3. The zero-order valence-electron chi connectivity index (χ0n) is 6.27. The lowest BCUT2D eigenvalue weighted by atomic mass is 10.3. The van der Waals surface area contributed by atoms with Crippen LogP contribution in [-0.4, -0.2) is 0 Å². The maximum atomic E-state index is 3.55. The van der Waals surface area contributed by atoms with Crippen molar-refractivity contribution in [3.05, 3.63) is 38.0 Å². The van der Waals surface area contributed by atoms with Gasteiger partial charge in [0.2, 0.25) is 0 Å². The third-order valence-electron chi connectivity index (χ3n) is 0.575. The normalized spacial score (nSPS) is 6.33. The van der Waals surface area contributed by atoms with E-state index in [1.54, 1.807) is 6.08 Å². The Morgan fingerprint density at radius 1 is 1.00 bits per heavy atom. The first kappa shape index (κ1) is 11.1. The average Bonchev–Trinajstić information content (AvgIpc) is 1.86. The first-order chi connectivity index (χ1) is 4.33. The summed E-state index contributed by atoms with van der Waals surface area (Å²) < 4.78 is 0. The van der Waals surface area contributed by atoms with Gasteiger partial charge in [0.25, 0.3) is 0 Å². The predicted octanol–water partition coefficient (Wildman–Crippen LogP) is 3.33. The van der Waals surface area contributed by atoms with Crippen LogP contribution >= 0.6 is 0 Å². The summed E-state index contributed by atoms with van der Waals surface area (Å²) in [5.41, 5.74) is 0. The lowest BCUT2D eigenvalue weighted by molar-refractivity contribution is 1.06. The molecule has 0 amide bonds. The maximum Gasteiger partial charge on any atom is -0.0319 e. The lowest BCUT2D eigenvalue weighted by Crippen LogP contribution is -1.56. The van der Waals surface area contributed by atoms with E-state index in [9.17, 15) is 0 Å². The van der Waals surface area contributed by atoms with Crippen LogP contribution in [0.4, 0.5) is 0 Å². The van der Waals surface area contributed by atoms with Crippen molar-refractivity contribution in [3.63, 3.8) is 0 Å². The van der Waals surface area contributed by atoms with Crippen LogP contribution in [0.3, 0.4) is 0 Å². The summed E-state index contributed by atoms with van der Waals surface area (Å²) in [4.78, 5) is 0. The molecule has 0 heteroatoms. The Hall–Kier alpha value is -0.780. The fourth-order valence-corrected chi connectivity index (χ4v) is 0.236. The SMILES string of the molecule is C=CC.C=CCCC=C. The van der Waals surface area contributed by atoms with Crippen molar-refractivity contribution in [1.82, 2.24) is 0 Å². The molecule has 0 N–H and O–H groups in total. The van der Waals surface area contributed by atoms with Crippen LogP contribution in [-0.2, 0) is 0 Å². The molecule has 0 unspecified atom stereocenters. The van der Waals surface area contributed by atoms with E-state index in [1.807, 2.05) is 19.1 Å². The Kier molecular flexibility index (Phi) is 19.3. The summed E-state index contributed by atoms with van der Waals surface area (Å²) in [7, 11) is 0. The number of hydrogen-bond acceptors (Lipinski definition) is 0. The van der Waals surface area contributed by atoms with E-state index < -0.39 is 0 Å². The van der Waals surface area contributed by atoms with Crippen LogP contribution in [0, 0.1) is 0 Å². The van der Waals surface area contributed by atoms with Crippen molar-refractivity contribution in [1.29, 1.82) is 0 Å². The molecule has 0 nitrogen and oxygen atoms in total. The Bertz CT molecular complexity index is 62.1. The van der Waals surface area contributed by atoms with E-state index in [2.05, 4.69) is 19.7 Å². The largest absolute Gasteiger partial charge is 0.103 e. The second-order valence-electron chi connectivity index (χ2n) is 1.56. The summed E-state index contributed by atoms with van der Waals surface area (Å²) >= 11 is 0. The molecule has 0 bridgehead atoms. The third-order valence-corrected chi connectivity index (χ3v) is 0.575. The molecule has 0 aliphatic rings. The second-order valence-corrected chi connectivity index (χ2v) is 1.56. The van der Waals surface area contributed by atoms with Gasteiger partial charge in [0, 0.05) is 0 Å². The van der Waals surface area contributed by atoms with E-state index in [1.165, 1.54) is 0 Å². The average molecular weight is 124 g/mol. The van der Waals surface area contributed by atoms with Gasteiger partial charge in [0.1, 0.15) is 0 Å². The zero-order valence-corrected chi connectivity index (χ0v) is 6.27. The summed E-state index contributed by atoms with van der Waals surface area (Å²) in [6.07, 6.45) is 7.65. The van der Waals surface area contributed by atoms with Crippen molar-refractivity contribution in [2.45, 2.75) is 19.8 Å². The molecule has 0 saturated carbocycles. The van der Waals surface area contributed by atoms with Gasteiger partial charge in [-0.3, -0.25) is 0 Å². The van der Waals surface area contributed by atoms with Crippen molar-refractivity contribution in [3.8, 4) is 0 Å². The Balaban J connectivity index is 0. The highest BCUT2D eigenvalue weighted by atomic mass is 13.7. The van der Waals surface area contributed by atoms with E-state index in [4.69, 9.17) is 0 Å². The Morgan fingerprint density at radius 2 is 1.22 bits per heavy atom. The molecule has 0 radical (unpaired) electrons. The number of unbranched alkanes of at least 4 members (excludes halogenated alkanes) is 1. The van der Waals surface area contributed by atoms with Gasteiger partial charge in [0.05, 0.1) is 0 Å². The molecule has 0 rings (SSSR count). The van der Waals surface area contributed by atoms with E-state index in [-0.39, 0.29) is 0 Å². The van der Waals surface area contributed by atoms with Gasteiger partial charge in [-0.2, -0.15) is 0 Å². The lowest BCUT2D eigenvalue weighted by Gasteiger charge is -1.76. The first-order valence-corrected chi connectivity index (χ1v) is 3.12. The second kappa shape index (κ2) is 15.7. The number of hydrogen-bond donors (Lipinski definition) is 0. The number of rotatable bonds is 3. The minimum atomic E-state index is 1.06. The van der Waals surface area contributed by atoms with Gasteiger partial charge in [-0.05, 0) is 19.8 Å². The molecular formula is C9H16.